The number of carbonyl (C=O) groups excluding carboxylic acids is 1. The lowest BCUT2D eigenvalue weighted by Crippen LogP contribution is -2.13. The lowest BCUT2D eigenvalue weighted by atomic mass is 9.79. The Morgan fingerprint density at radius 2 is 1.83 bits per heavy atom. The zero-order valence-corrected chi connectivity index (χ0v) is 9.94. The zero-order valence-electron chi connectivity index (χ0n) is 9.94. The molecule has 0 bridgehead atoms. The van der Waals surface area contributed by atoms with Crippen LogP contribution in [0.25, 0.3) is 16.3 Å². The number of hydrogen-bond donors (Lipinski definition) is 0. The highest BCUT2D eigenvalue weighted by atomic mass is 16.1. The number of fused-ring (bicyclic) bond motifs is 1. The largest absolute Gasteiger partial charge is 0.294 e. The van der Waals surface area contributed by atoms with Gasteiger partial charge in [-0.3, -0.25) is 4.79 Å². The van der Waals surface area contributed by atoms with Gasteiger partial charge < -0.3 is 0 Å². The number of rotatable bonds is 0. The molecule has 0 N–H and O–H groups in total. The zero-order chi connectivity index (χ0) is 12.1. The van der Waals surface area contributed by atoms with Crippen molar-refractivity contribution >= 4 is 22.1 Å². The van der Waals surface area contributed by atoms with Gasteiger partial charge >= 0.3 is 0 Å². The molecular formula is C17H12O. The summed E-state index contributed by atoms with van der Waals surface area (Å²) >= 11 is 0. The fourth-order valence-corrected chi connectivity index (χ4v) is 3.12. The van der Waals surface area contributed by atoms with Gasteiger partial charge in [0, 0.05) is 12.0 Å². The molecule has 0 fully saturated rings. The molecule has 86 valence electrons. The number of benzene rings is 2. The number of Topliss-reactive ketones (excluding diaryl/α,β-unsaturated/α-hetero) is 1. The van der Waals surface area contributed by atoms with Crippen molar-refractivity contribution in [3.05, 3.63) is 65.3 Å². The number of allylic oxidation sites excluding steroid dienone is 4. The van der Waals surface area contributed by atoms with E-state index in [1.165, 1.54) is 21.9 Å². The molecule has 0 heterocycles. The molecule has 4 rings (SSSR count). The summed E-state index contributed by atoms with van der Waals surface area (Å²) in [4.78, 5) is 12.2. The molecule has 18 heavy (non-hydrogen) atoms. The van der Waals surface area contributed by atoms with Gasteiger partial charge in [-0.1, -0.05) is 48.6 Å². The van der Waals surface area contributed by atoms with Gasteiger partial charge in [-0.25, -0.2) is 0 Å². The van der Waals surface area contributed by atoms with E-state index in [1.54, 1.807) is 0 Å². The molecule has 2 aliphatic rings. The van der Waals surface area contributed by atoms with Crippen LogP contribution >= 0.6 is 0 Å². The van der Waals surface area contributed by atoms with E-state index < -0.39 is 0 Å². The summed E-state index contributed by atoms with van der Waals surface area (Å²) in [5, 5.41) is 2.50. The predicted molar refractivity (Wildman–Crippen MR) is 73.3 cm³/mol. The standard InChI is InChI=1S/C17H12O/c18-15-9-3-7-13-10-12-6-1-4-11-5-2-8-14(16(11)12)17(13)15/h1-8H,9-10H2. The van der Waals surface area contributed by atoms with Crippen molar-refractivity contribution in [1.82, 2.24) is 0 Å². The summed E-state index contributed by atoms with van der Waals surface area (Å²) in [6.45, 7) is 0. The van der Waals surface area contributed by atoms with Crippen LogP contribution in [0.4, 0.5) is 0 Å². The molecular weight excluding hydrogens is 220 g/mol. The maximum atomic E-state index is 12.2. The van der Waals surface area contributed by atoms with Crippen LogP contribution in [0.15, 0.2) is 54.1 Å². The summed E-state index contributed by atoms with van der Waals surface area (Å²) in [6.07, 6.45) is 5.52. The van der Waals surface area contributed by atoms with Crippen molar-refractivity contribution in [3.63, 3.8) is 0 Å². The highest BCUT2D eigenvalue weighted by Crippen LogP contribution is 2.39. The van der Waals surface area contributed by atoms with Crippen LogP contribution in [0.3, 0.4) is 0 Å². The maximum absolute atomic E-state index is 12.2. The Labute approximate surface area is 105 Å². The van der Waals surface area contributed by atoms with Crippen LogP contribution in [0, 0.1) is 0 Å². The molecule has 2 aromatic carbocycles. The molecule has 2 aromatic rings. The minimum Gasteiger partial charge on any atom is -0.294 e. The molecule has 2 aliphatic carbocycles. The SMILES string of the molecule is O=C1CC=CC2=C1c1cccc3cccc(c13)C2. The lowest BCUT2D eigenvalue weighted by molar-refractivity contribution is -0.113. The van der Waals surface area contributed by atoms with E-state index >= 15 is 0 Å². The van der Waals surface area contributed by atoms with Gasteiger partial charge in [-0.2, -0.15) is 0 Å². The summed E-state index contributed by atoms with van der Waals surface area (Å²) in [6, 6.07) is 12.6. The smallest absolute Gasteiger partial charge is 0.167 e. The monoisotopic (exact) mass is 232 g/mol. The first-order chi connectivity index (χ1) is 8.84. The quantitative estimate of drug-likeness (QED) is 0.677. The van der Waals surface area contributed by atoms with Gasteiger partial charge in [0.2, 0.25) is 0 Å². The van der Waals surface area contributed by atoms with Crippen molar-refractivity contribution in [2.24, 2.45) is 0 Å². The van der Waals surface area contributed by atoms with Crippen LogP contribution in [0.1, 0.15) is 17.5 Å². The Hall–Kier alpha value is -2.15. The van der Waals surface area contributed by atoms with E-state index in [1.807, 2.05) is 12.1 Å². The Morgan fingerprint density at radius 1 is 1.00 bits per heavy atom. The van der Waals surface area contributed by atoms with Crippen molar-refractivity contribution in [2.45, 2.75) is 12.8 Å². The number of hydrogen-bond acceptors (Lipinski definition) is 1. The van der Waals surface area contributed by atoms with E-state index in [4.69, 9.17) is 0 Å². The number of ketones is 1. The topological polar surface area (TPSA) is 17.1 Å². The highest BCUT2D eigenvalue weighted by molar-refractivity contribution is 6.27. The average Bonchev–Trinajstić information content (AvgIpc) is 2.39. The van der Waals surface area contributed by atoms with Crippen molar-refractivity contribution in [1.29, 1.82) is 0 Å². The molecule has 1 heteroatoms. The maximum Gasteiger partial charge on any atom is 0.167 e. The molecule has 0 atom stereocenters. The second-order valence-corrected chi connectivity index (χ2v) is 4.93. The second kappa shape index (κ2) is 3.42. The van der Waals surface area contributed by atoms with Crippen LogP contribution in [0.2, 0.25) is 0 Å². The second-order valence-electron chi connectivity index (χ2n) is 4.93. The van der Waals surface area contributed by atoms with Gasteiger partial charge in [-0.05, 0) is 33.9 Å². The fourth-order valence-electron chi connectivity index (χ4n) is 3.12. The Morgan fingerprint density at radius 3 is 2.72 bits per heavy atom. The first kappa shape index (κ1) is 9.84. The summed E-state index contributed by atoms with van der Waals surface area (Å²) in [7, 11) is 0. The first-order valence-corrected chi connectivity index (χ1v) is 6.28. The van der Waals surface area contributed by atoms with Crippen LogP contribution in [0.5, 0.6) is 0 Å². The van der Waals surface area contributed by atoms with Crippen molar-refractivity contribution < 1.29 is 4.79 Å². The Kier molecular flexibility index (Phi) is 1.87. The Bertz CT molecular complexity index is 742. The molecule has 0 aliphatic heterocycles. The molecule has 0 spiro atoms. The summed E-state index contributed by atoms with van der Waals surface area (Å²) in [5.41, 5.74) is 4.58. The van der Waals surface area contributed by atoms with E-state index in [-0.39, 0.29) is 5.78 Å². The van der Waals surface area contributed by atoms with E-state index in [2.05, 4.69) is 36.4 Å². The molecule has 0 saturated heterocycles. The third-order valence-electron chi connectivity index (χ3n) is 3.86. The average molecular weight is 232 g/mol. The Balaban J connectivity index is 2.15. The first-order valence-electron chi connectivity index (χ1n) is 6.28. The van der Waals surface area contributed by atoms with Crippen molar-refractivity contribution in [3.8, 4) is 0 Å². The molecule has 1 nitrogen and oxygen atoms in total. The van der Waals surface area contributed by atoms with Gasteiger partial charge in [0.15, 0.2) is 5.78 Å². The molecule has 0 saturated carbocycles. The van der Waals surface area contributed by atoms with E-state index in [0.29, 0.717) is 6.42 Å². The number of carbonyl (C=O) groups is 1. The molecule has 0 amide bonds. The minimum absolute atomic E-state index is 0.259. The minimum atomic E-state index is 0.259. The van der Waals surface area contributed by atoms with Gasteiger partial charge in [0.05, 0.1) is 0 Å². The van der Waals surface area contributed by atoms with E-state index in [0.717, 1.165) is 17.6 Å². The normalized spacial score (nSPS) is 17.2. The van der Waals surface area contributed by atoms with Gasteiger partial charge in [-0.15, -0.1) is 0 Å². The third-order valence-corrected chi connectivity index (χ3v) is 3.86. The fraction of sp³-hybridized carbons (Fsp3) is 0.118. The summed E-state index contributed by atoms with van der Waals surface area (Å²) in [5.74, 6) is 0.259. The van der Waals surface area contributed by atoms with Gasteiger partial charge in [0.25, 0.3) is 0 Å². The van der Waals surface area contributed by atoms with Crippen LogP contribution in [-0.2, 0) is 11.2 Å². The van der Waals surface area contributed by atoms with Crippen molar-refractivity contribution in [2.75, 3.05) is 0 Å². The van der Waals surface area contributed by atoms with Crippen LogP contribution in [-0.4, -0.2) is 5.78 Å². The molecule has 0 aromatic heterocycles. The van der Waals surface area contributed by atoms with E-state index in [9.17, 15) is 4.79 Å². The van der Waals surface area contributed by atoms with Gasteiger partial charge in [0.1, 0.15) is 0 Å². The molecule has 0 unspecified atom stereocenters. The molecule has 0 radical (unpaired) electrons. The summed E-state index contributed by atoms with van der Waals surface area (Å²) < 4.78 is 0. The predicted octanol–water partition coefficient (Wildman–Crippen LogP) is 3.68. The van der Waals surface area contributed by atoms with Crippen LogP contribution < -0.4 is 0 Å². The lowest BCUT2D eigenvalue weighted by Gasteiger charge is -2.23. The third kappa shape index (κ3) is 1.19. The highest BCUT2D eigenvalue weighted by Gasteiger charge is 2.25.